The number of benzene rings is 2. The molecule has 1 fully saturated rings. The average Bonchev–Trinajstić information content (AvgIpc) is 3.07. The number of ether oxygens (including phenoxy) is 2. The molecule has 0 radical (unpaired) electrons. The second-order valence-electron chi connectivity index (χ2n) is 7.62. The molecule has 3 heterocycles. The number of fused-ring (bicyclic) bond motifs is 1. The summed E-state index contributed by atoms with van der Waals surface area (Å²) in [5, 5.41) is 7.71. The first-order valence-corrected chi connectivity index (χ1v) is 10.9. The monoisotopic (exact) mass is 469 g/mol. The Morgan fingerprint density at radius 1 is 1.12 bits per heavy atom. The van der Waals surface area contributed by atoms with E-state index in [0.29, 0.717) is 34.3 Å². The van der Waals surface area contributed by atoms with Crippen LogP contribution in [0.1, 0.15) is 5.56 Å². The summed E-state index contributed by atoms with van der Waals surface area (Å²) in [4.78, 5) is 8.82. The summed E-state index contributed by atoms with van der Waals surface area (Å²) >= 11 is 12.0. The molecule has 0 unspecified atom stereocenters. The van der Waals surface area contributed by atoms with E-state index >= 15 is 0 Å². The lowest BCUT2D eigenvalue weighted by Gasteiger charge is -2.27. The summed E-state index contributed by atoms with van der Waals surface area (Å²) in [6.07, 6.45) is 1.50. The minimum atomic E-state index is 0.320. The molecule has 1 saturated heterocycles. The van der Waals surface area contributed by atoms with Crippen molar-refractivity contribution < 1.29 is 9.47 Å². The third kappa shape index (κ3) is 4.46. The van der Waals surface area contributed by atoms with Gasteiger partial charge in [0.15, 0.2) is 0 Å². The van der Waals surface area contributed by atoms with E-state index in [1.807, 2.05) is 37.4 Å². The molecule has 2 N–H and O–H groups in total. The third-order valence-electron chi connectivity index (χ3n) is 5.25. The molecular formula is C23H21Cl2N5O2. The van der Waals surface area contributed by atoms with Gasteiger partial charge in [0.05, 0.1) is 35.3 Å². The van der Waals surface area contributed by atoms with Gasteiger partial charge in [-0.05, 0) is 42.0 Å². The lowest BCUT2D eigenvalue weighted by Crippen LogP contribution is -2.40. The standard InChI is InChI=1S/C23H21Cl2N5O2/c1-30-21-9-16(28-17-12-31-13-17)4-7-20(21)29-23(30)27-10-14-2-5-18(6-3-14)32-22-19(25)8-15(24)11-26-22/h2-9,11,17,28H,10,12-13H2,1H3,(H,27,29). The highest BCUT2D eigenvalue weighted by molar-refractivity contribution is 6.35. The highest BCUT2D eigenvalue weighted by Crippen LogP contribution is 2.29. The van der Waals surface area contributed by atoms with Crippen LogP contribution in [0.25, 0.3) is 11.0 Å². The quantitative estimate of drug-likeness (QED) is 0.372. The zero-order valence-corrected chi connectivity index (χ0v) is 18.8. The number of anilines is 2. The second kappa shape index (κ2) is 8.86. The summed E-state index contributed by atoms with van der Waals surface area (Å²) in [5.74, 6) is 1.77. The van der Waals surface area contributed by atoms with Gasteiger partial charge in [-0.2, -0.15) is 0 Å². The largest absolute Gasteiger partial charge is 0.438 e. The van der Waals surface area contributed by atoms with E-state index in [1.165, 1.54) is 6.20 Å². The highest BCUT2D eigenvalue weighted by atomic mass is 35.5. The predicted octanol–water partition coefficient (Wildman–Crippen LogP) is 5.49. The number of hydrogen-bond donors (Lipinski definition) is 2. The topological polar surface area (TPSA) is 73.2 Å². The van der Waals surface area contributed by atoms with Crippen LogP contribution in [-0.4, -0.2) is 33.8 Å². The van der Waals surface area contributed by atoms with Gasteiger partial charge < -0.3 is 24.7 Å². The van der Waals surface area contributed by atoms with E-state index < -0.39 is 0 Å². The first-order chi connectivity index (χ1) is 15.5. The van der Waals surface area contributed by atoms with E-state index in [4.69, 9.17) is 37.7 Å². The molecular weight excluding hydrogens is 449 g/mol. The first kappa shape index (κ1) is 20.9. The van der Waals surface area contributed by atoms with Gasteiger partial charge in [-0.1, -0.05) is 35.3 Å². The Balaban J connectivity index is 1.24. The van der Waals surface area contributed by atoms with Gasteiger partial charge >= 0.3 is 0 Å². The van der Waals surface area contributed by atoms with Crippen LogP contribution in [0.2, 0.25) is 10.0 Å². The van der Waals surface area contributed by atoms with Gasteiger partial charge in [-0.25, -0.2) is 9.97 Å². The molecule has 2 aromatic carbocycles. The fourth-order valence-electron chi connectivity index (χ4n) is 3.44. The Labute approximate surface area is 195 Å². The number of aryl methyl sites for hydroxylation is 1. The van der Waals surface area contributed by atoms with Gasteiger partial charge in [0.1, 0.15) is 10.8 Å². The Hall–Kier alpha value is -3.00. The van der Waals surface area contributed by atoms with Crippen LogP contribution in [0, 0.1) is 0 Å². The van der Waals surface area contributed by atoms with Crippen molar-refractivity contribution in [3.8, 4) is 11.6 Å². The van der Waals surface area contributed by atoms with E-state index in [9.17, 15) is 0 Å². The lowest BCUT2D eigenvalue weighted by atomic mass is 10.2. The number of pyridine rings is 1. The molecule has 0 spiro atoms. The number of halogens is 2. The smallest absolute Gasteiger partial charge is 0.238 e. The number of hydrogen-bond acceptors (Lipinski definition) is 6. The van der Waals surface area contributed by atoms with Gasteiger partial charge in [0.25, 0.3) is 0 Å². The fraction of sp³-hybridized carbons (Fsp3) is 0.217. The van der Waals surface area contributed by atoms with Crippen LogP contribution in [0.4, 0.5) is 11.6 Å². The van der Waals surface area contributed by atoms with E-state index in [-0.39, 0.29) is 0 Å². The predicted molar refractivity (Wildman–Crippen MR) is 127 cm³/mol. The van der Waals surface area contributed by atoms with Crippen LogP contribution in [0.15, 0.2) is 54.7 Å². The second-order valence-corrected chi connectivity index (χ2v) is 8.46. The summed E-state index contributed by atoms with van der Waals surface area (Å²) in [6.45, 7) is 2.13. The molecule has 1 aliphatic heterocycles. The summed E-state index contributed by atoms with van der Waals surface area (Å²) in [5.41, 5.74) is 4.17. The molecule has 0 bridgehead atoms. The van der Waals surface area contributed by atoms with Crippen LogP contribution < -0.4 is 15.4 Å². The van der Waals surface area contributed by atoms with Crippen molar-refractivity contribution in [2.75, 3.05) is 23.8 Å². The van der Waals surface area contributed by atoms with Crippen molar-refractivity contribution in [1.29, 1.82) is 0 Å². The summed E-state index contributed by atoms with van der Waals surface area (Å²) < 4.78 is 13.0. The summed E-state index contributed by atoms with van der Waals surface area (Å²) in [6, 6.07) is 15.9. The Bertz CT molecular complexity index is 1260. The lowest BCUT2D eigenvalue weighted by molar-refractivity contribution is 0.0211. The number of nitrogens with zero attached hydrogens (tertiary/aromatic N) is 3. The number of nitrogens with one attached hydrogen (secondary N) is 2. The third-order valence-corrected chi connectivity index (χ3v) is 5.73. The van der Waals surface area contributed by atoms with Gasteiger partial charge in [-0.15, -0.1) is 0 Å². The molecule has 7 nitrogen and oxygen atoms in total. The van der Waals surface area contributed by atoms with Crippen molar-refractivity contribution >= 4 is 45.9 Å². The molecule has 0 atom stereocenters. The van der Waals surface area contributed by atoms with Crippen molar-refractivity contribution in [2.45, 2.75) is 12.6 Å². The molecule has 5 rings (SSSR count). The van der Waals surface area contributed by atoms with Crippen molar-refractivity contribution in [2.24, 2.45) is 7.05 Å². The Morgan fingerprint density at radius 2 is 1.94 bits per heavy atom. The maximum absolute atomic E-state index is 6.12. The number of aromatic nitrogens is 3. The van der Waals surface area contributed by atoms with E-state index in [2.05, 4.69) is 32.3 Å². The van der Waals surface area contributed by atoms with Gasteiger partial charge in [0, 0.05) is 25.5 Å². The van der Waals surface area contributed by atoms with E-state index in [0.717, 1.165) is 41.4 Å². The van der Waals surface area contributed by atoms with Crippen LogP contribution >= 0.6 is 23.2 Å². The fourth-order valence-corrected chi connectivity index (χ4v) is 3.86. The molecule has 0 amide bonds. The normalized spacial score (nSPS) is 13.7. The maximum atomic E-state index is 6.12. The molecule has 9 heteroatoms. The molecule has 2 aromatic heterocycles. The maximum Gasteiger partial charge on any atom is 0.238 e. The molecule has 32 heavy (non-hydrogen) atoms. The highest BCUT2D eigenvalue weighted by Gasteiger charge is 2.18. The SMILES string of the molecule is Cn1c(NCc2ccc(Oc3ncc(Cl)cc3Cl)cc2)nc2ccc(NC3COC3)cc21. The molecule has 0 saturated carbocycles. The van der Waals surface area contributed by atoms with E-state index in [1.54, 1.807) is 6.07 Å². The molecule has 4 aromatic rings. The van der Waals surface area contributed by atoms with Crippen LogP contribution in [0.3, 0.4) is 0 Å². The first-order valence-electron chi connectivity index (χ1n) is 10.2. The zero-order valence-electron chi connectivity index (χ0n) is 17.3. The number of imidazole rings is 1. The minimum Gasteiger partial charge on any atom is -0.438 e. The molecule has 0 aliphatic carbocycles. The zero-order chi connectivity index (χ0) is 22.1. The van der Waals surface area contributed by atoms with Gasteiger partial charge in [0.2, 0.25) is 11.8 Å². The van der Waals surface area contributed by atoms with Crippen LogP contribution in [-0.2, 0) is 18.3 Å². The van der Waals surface area contributed by atoms with Crippen molar-refractivity contribution in [1.82, 2.24) is 14.5 Å². The van der Waals surface area contributed by atoms with Crippen LogP contribution in [0.5, 0.6) is 11.6 Å². The molecule has 1 aliphatic rings. The average molecular weight is 470 g/mol. The van der Waals surface area contributed by atoms with Gasteiger partial charge in [-0.3, -0.25) is 0 Å². The van der Waals surface area contributed by atoms with Crippen molar-refractivity contribution in [3.05, 3.63) is 70.3 Å². The van der Waals surface area contributed by atoms with Crippen molar-refractivity contribution in [3.63, 3.8) is 0 Å². The number of rotatable bonds is 7. The summed E-state index contributed by atoms with van der Waals surface area (Å²) in [7, 11) is 2.01. The Kier molecular flexibility index (Phi) is 5.78. The Morgan fingerprint density at radius 3 is 2.66 bits per heavy atom. The molecule has 164 valence electrons. The minimum absolute atomic E-state index is 0.320.